The highest BCUT2D eigenvalue weighted by atomic mass is 16.5. The molecule has 2 aromatic heterocycles. The molecule has 2 aromatic rings. The summed E-state index contributed by atoms with van der Waals surface area (Å²) in [7, 11) is 1.68. The minimum atomic E-state index is 0.0569. The first-order chi connectivity index (χ1) is 11.2. The predicted molar refractivity (Wildman–Crippen MR) is 83.7 cm³/mol. The molecule has 122 valence electrons. The highest BCUT2D eigenvalue weighted by molar-refractivity contribution is 5.78. The molecule has 0 unspecified atom stereocenters. The van der Waals surface area contributed by atoms with Gasteiger partial charge in [-0.2, -0.15) is 0 Å². The van der Waals surface area contributed by atoms with E-state index in [1.165, 1.54) is 0 Å². The van der Waals surface area contributed by atoms with Gasteiger partial charge in [0.1, 0.15) is 5.69 Å². The Morgan fingerprint density at radius 2 is 2.30 bits per heavy atom. The summed E-state index contributed by atoms with van der Waals surface area (Å²) in [6.07, 6.45) is 2.01. The molecule has 0 fully saturated rings. The van der Waals surface area contributed by atoms with Crippen LogP contribution in [0.15, 0.2) is 24.4 Å². The molecule has 7 nitrogen and oxygen atoms in total. The van der Waals surface area contributed by atoms with Crippen LogP contribution >= 0.6 is 0 Å². The first kappa shape index (κ1) is 15.6. The second-order valence-corrected chi connectivity index (χ2v) is 5.66. The van der Waals surface area contributed by atoms with E-state index < -0.39 is 0 Å². The summed E-state index contributed by atoms with van der Waals surface area (Å²) in [5.41, 5.74) is 2.74. The molecule has 1 amide bonds. The number of aryl methyl sites for hydroxylation is 1. The van der Waals surface area contributed by atoms with Crippen LogP contribution in [-0.4, -0.2) is 51.0 Å². The second kappa shape index (κ2) is 6.87. The lowest BCUT2D eigenvalue weighted by atomic mass is 9.98. The fourth-order valence-corrected chi connectivity index (χ4v) is 3.04. The van der Waals surface area contributed by atoms with Crippen LogP contribution in [0, 0.1) is 0 Å². The number of aromatic nitrogens is 4. The van der Waals surface area contributed by atoms with Crippen LogP contribution < -0.4 is 0 Å². The van der Waals surface area contributed by atoms with Gasteiger partial charge in [0.15, 0.2) is 0 Å². The fraction of sp³-hybridized carbons (Fsp3) is 0.500. The van der Waals surface area contributed by atoms with Crippen molar-refractivity contribution in [1.82, 2.24) is 24.9 Å². The lowest BCUT2D eigenvalue weighted by Crippen LogP contribution is -2.41. The van der Waals surface area contributed by atoms with Crippen molar-refractivity contribution in [3.05, 3.63) is 41.5 Å². The van der Waals surface area contributed by atoms with E-state index in [1.807, 2.05) is 34.7 Å². The van der Waals surface area contributed by atoms with E-state index in [-0.39, 0.29) is 11.8 Å². The van der Waals surface area contributed by atoms with Gasteiger partial charge < -0.3 is 9.64 Å². The number of hydrogen-bond donors (Lipinski definition) is 0. The van der Waals surface area contributed by atoms with Crippen molar-refractivity contribution in [3.8, 4) is 0 Å². The number of fused-ring (bicyclic) bond motifs is 1. The summed E-state index contributed by atoms with van der Waals surface area (Å²) in [6.45, 7) is 4.48. The summed E-state index contributed by atoms with van der Waals surface area (Å²) in [5.74, 6) is 0.160. The molecule has 0 aromatic carbocycles. The maximum absolute atomic E-state index is 12.6. The first-order valence-electron chi connectivity index (χ1n) is 7.81. The molecule has 0 saturated carbocycles. The van der Waals surface area contributed by atoms with Gasteiger partial charge in [-0.25, -0.2) is 4.68 Å². The monoisotopic (exact) mass is 315 g/mol. The molecule has 0 aliphatic carbocycles. The third-order valence-corrected chi connectivity index (χ3v) is 4.09. The third-order valence-electron chi connectivity index (χ3n) is 4.09. The van der Waals surface area contributed by atoms with Crippen molar-refractivity contribution < 1.29 is 9.53 Å². The first-order valence-corrected chi connectivity index (χ1v) is 7.81. The van der Waals surface area contributed by atoms with Gasteiger partial charge in [0.2, 0.25) is 5.91 Å². The lowest BCUT2D eigenvalue weighted by Gasteiger charge is -2.32. The zero-order valence-corrected chi connectivity index (χ0v) is 13.5. The normalized spacial score (nSPS) is 17.1. The minimum Gasteiger partial charge on any atom is -0.384 e. The van der Waals surface area contributed by atoms with Crippen molar-refractivity contribution in [2.45, 2.75) is 32.4 Å². The van der Waals surface area contributed by atoms with Crippen molar-refractivity contribution >= 4 is 5.91 Å². The largest absolute Gasteiger partial charge is 0.384 e. The standard InChI is InChI=1S/C16H21N5O2/c1-3-21-16-12(11-23-2)9-20(10-14(16)18-19-21)15(22)8-13-6-4-5-7-17-13/h4-7,12H,3,8-11H2,1-2H3/t12-/m1/s1. The SMILES string of the molecule is CCn1nnc2c1[C@@H](COC)CN(C(=O)Cc1ccccn1)C2. The summed E-state index contributed by atoms with van der Waals surface area (Å²) < 4.78 is 7.24. The van der Waals surface area contributed by atoms with E-state index in [4.69, 9.17) is 4.74 Å². The summed E-state index contributed by atoms with van der Waals surface area (Å²) in [5, 5.41) is 8.43. The molecule has 0 radical (unpaired) electrons. The van der Waals surface area contributed by atoms with Crippen LogP contribution in [0.4, 0.5) is 0 Å². The molecule has 0 saturated heterocycles. The van der Waals surface area contributed by atoms with Crippen LogP contribution in [0.5, 0.6) is 0 Å². The number of ether oxygens (including phenoxy) is 1. The number of hydrogen-bond acceptors (Lipinski definition) is 5. The smallest absolute Gasteiger partial charge is 0.228 e. The molecule has 1 atom stereocenters. The quantitative estimate of drug-likeness (QED) is 0.823. The van der Waals surface area contributed by atoms with E-state index in [0.717, 1.165) is 23.6 Å². The molecule has 3 heterocycles. The molecule has 3 rings (SSSR count). The Morgan fingerprint density at radius 3 is 3.00 bits per heavy atom. The van der Waals surface area contributed by atoms with E-state index in [9.17, 15) is 4.79 Å². The predicted octanol–water partition coefficient (Wildman–Crippen LogP) is 1.01. The fourth-order valence-electron chi connectivity index (χ4n) is 3.04. The number of pyridine rings is 1. The molecular formula is C16H21N5O2. The molecule has 0 spiro atoms. The Balaban J connectivity index is 1.78. The van der Waals surface area contributed by atoms with E-state index in [1.54, 1.807) is 13.3 Å². The number of carbonyl (C=O) groups is 1. The highest BCUT2D eigenvalue weighted by Crippen LogP contribution is 2.27. The number of nitrogens with zero attached hydrogens (tertiary/aromatic N) is 5. The van der Waals surface area contributed by atoms with Crippen LogP contribution in [0.25, 0.3) is 0 Å². The van der Waals surface area contributed by atoms with Crippen molar-refractivity contribution in [2.75, 3.05) is 20.3 Å². The number of amides is 1. The van der Waals surface area contributed by atoms with Gasteiger partial charge in [-0.3, -0.25) is 9.78 Å². The summed E-state index contributed by atoms with van der Waals surface area (Å²) in [6, 6.07) is 5.61. The zero-order chi connectivity index (χ0) is 16.2. The van der Waals surface area contributed by atoms with Crippen LogP contribution in [-0.2, 0) is 29.0 Å². The zero-order valence-electron chi connectivity index (χ0n) is 13.5. The van der Waals surface area contributed by atoms with Gasteiger partial charge in [0.05, 0.1) is 25.3 Å². The van der Waals surface area contributed by atoms with Crippen molar-refractivity contribution in [3.63, 3.8) is 0 Å². The van der Waals surface area contributed by atoms with Crippen molar-refractivity contribution in [1.29, 1.82) is 0 Å². The maximum atomic E-state index is 12.6. The van der Waals surface area contributed by atoms with Gasteiger partial charge in [-0.05, 0) is 19.1 Å². The van der Waals surface area contributed by atoms with Crippen LogP contribution in [0.1, 0.15) is 29.9 Å². The molecule has 1 aliphatic rings. The van der Waals surface area contributed by atoms with E-state index >= 15 is 0 Å². The van der Waals surface area contributed by atoms with Gasteiger partial charge in [-0.15, -0.1) is 5.10 Å². The van der Waals surface area contributed by atoms with Gasteiger partial charge >= 0.3 is 0 Å². The Hall–Kier alpha value is -2.28. The average molecular weight is 315 g/mol. The van der Waals surface area contributed by atoms with E-state index in [0.29, 0.717) is 26.1 Å². The third kappa shape index (κ3) is 3.24. The maximum Gasteiger partial charge on any atom is 0.228 e. The second-order valence-electron chi connectivity index (χ2n) is 5.66. The summed E-state index contributed by atoms with van der Waals surface area (Å²) >= 11 is 0. The topological polar surface area (TPSA) is 73.1 Å². The average Bonchev–Trinajstić information content (AvgIpc) is 2.99. The Kier molecular flexibility index (Phi) is 4.66. The number of methoxy groups -OCH3 is 1. The molecule has 0 N–H and O–H groups in total. The molecule has 1 aliphatic heterocycles. The minimum absolute atomic E-state index is 0.0569. The number of rotatable bonds is 5. The van der Waals surface area contributed by atoms with Gasteiger partial charge in [0, 0.05) is 38.0 Å². The number of carbonyl (C=O) groups excluding carboxylic acids is 1. The van der Waals surface area contributed by atoms with Crippen molar-refractivity contribution in [2.24, 2.45) is 0 Å². The van der Waals surface area contributed by atoms with Crippen LogP contribution in [0.3, 0.4) is 0 Å². The summed E-state index contributed by atoms with van der Waals surface area (Å²) in [4.78, 5) is 18.6. The van der Waals surface area contributed by atoms with Gasteiger partial charge in [-0.1, -0.05) is 11.3 Å². The molecule has 23 heavy (non-hydrogen) atoms. The molecular weight excluding hydrogens is 294 g/mol. The Labute approximate surface area is 135 Å². The molecule has 0 bridgehead atoms. The van der Waals surface area contributed by atoms with Gasteiger partial charge in [0.25, 0.3) is 0 Å². The molecule has 7 heteroatoms. The lowest BCUT2D eigenvalue weighted by molar-refractivity contribution is -0.132. The Morgan fingerprint density at radius 1 is 1.43 bits per heavy atom. The Bertz CT molecular complexity index is 670. The highest BCUT2D eigenvalue weighted by Gasteiger charge is 2.32. The van der Waals surface area contributed by atoms with Crippen LogP contribution in [0.2, 0.25) is 0 Å². The van der Waals surface area contributed by atoms with E-state index in [2.05, 4.69) is 15.3 Å².